The molecule has 4 rings (SSSR count). The van der Waals surface area contributed by atoms with Crippen molar-refractivity contribution in [3.05, 3.63) is 6.20 Å². The Kier molecular flexibility index (Phi) is 4.19. The first-order chi connectivity index (χ1) is 12.1. The van der Waals surface area contributed by atoms with Gasteiger partial charge in [0.05, 0.1) is 11.6 Å². The van der Waals surface area contributed by atoms with E-state index in [9.17, 15) is 4.79 Å². The van der Waals surface area contributed by atoms with Gasteiger partial charge in [-0.3, -0.25) is 9.89 Å². The number of likely N-dealkylation sites (tertiary alicyclic amines) is 1. The topological polar surface area (TPSA) is 104 Å². The SMILES string of the molecule is CC1CCN(C(=O)C2CCN(c3nc(N)c4cn[nH]c4n3)CC2)CC1. The molecule has 2 aromatic rings. The molecule has 0 radical (unpaired) electrons. The van der Waals surface area contributed by atoms with Gasteiger partial charge in [0.15, 0.2) is 5.65 Å². The second kappa shape index (κ2) is 6.50. The second-order valence-electron chi connectivity index (χ2n) is 7.31. The van der Waals surface area contributed by atoms with E-state index in [-0.39, 0.29) is 5.92 Å². The molecular weight excluding hydrogens is 318 g/mol. The highest BCUT2D eigenvalue weighted by Gasteiger charge is 2.31. The van der Waals surface area contributed by atoms with Gasteiger partial charge in [0, 0.05) is 32.1 Å². The summed E-state index contributed by atoms with van der Waals surface area (Å²) < 4.78 is 0. The Morgan fingerprint density at radius 3 is 2.60 bits per heavy atom. The van der Waals surface area contributed by atoms with Crippen LogP contribution in [0.3, 0.4) is 0 Å². The molecular formula is C17H25N7O. The van der Waals surface area contributed by atoms with Crippen molar-refractivity contribution in [3.8, 4) is 0 Å². The standard InChI is InChI=1S/C17H25N7O/c1-11-2-6-23(7-3-11)16(25)12-4-8-24(9-5-12)17-20-14(18)13-10-19-22-15(13)21-17/h10-12H,2-9H2,1H3,(H3,18,19,20,21,22). The summed E-state index contributed by atoms with van der Waals surface area (Å²) in [5.41, 5.74) is 6.65. The smallest absolute Gasteiger partial charge is 0.229 e. The number of aromatic nitrogens is 4. The lowest BCUT2D eigenvalue weighted by Gasteiger charge is -2.36. The van der Waals surface area contributed by atoms with Crippen molar-refractivity contribution >= 4 is 28.7 Å². The molecule has 25 heavy (non-hydrogen) atoms. The second-order valence-corrected chi connectivity index (χ2v) is 7.31. The number of carbonyl (C=O) groups excluding carboxylic acids is 1. The van der Waals surface area contributed by atoms with Gasteiger partial charge in [0.25, 0.3) is 0 Å². The predicted molar refractivity (Wildman–Crippen MR) is 96.0 cm³/mol. The van der Waals surface area contributed by atoms with Crippen molar-refractivity contribution in [2.75, 3.05) is 36.8 Å². The van der Waals surface area contributed by atoms with Crippen LogP contribution in [0.4, 0.5) is 11.8 Å². The molecule has 0 spiro atoms. The number of nitrogen functional groups attached to an aromatic ring is 1. The number of anilines is 2. The van der Waals surface area contributed by atoms with Crippen LogP contribution in [-0.4, -0.2) is 57.2 Å². The highest BCUT2D eigenvalue weighted by Crippen LogP contribution is 2.26. The number of nitrogens with two attached hydrogens (primary N) is 1. The van der Waals surface area contributed by atoms with Crippen molar-refractivity contribution in [3.63, 3.8) is 0 Å². The summed E-state index contributed by atoms with van der Waals surface area (Å²) >= 11 is 0. The maximum atomic E-state index is 12.7. The fourth-order valence-electron chi connectivity index (χ4n) is 3.80. The number of nitrogens with one attached hydrogen (secondary N) is 1. The number of fused-ring (bicyclic) bond motifs is 1. The van der Waals surface area contributed by atoms with Gasteiger partial charge in [-0.1, -0.05) is 6.92 Å². The molecule has 0 unspecified atom stereocenters. The van der Waals surface area contributed by atoms with Crippen LogP contribution in [0.1, 0.15) is 32.6 Å². The lowest BCUT2D eigenvalue weighted by atomic mass is 9.93. The third-order valence-corrected chi connectivity index (χ3v) is 5.55. The number of nitrogens with zero attached hydrogens (tertiary/aromatic N) is 5. The Morgan fingerprint density at radius 1 is 1.16 bits per heavy atom. The number of hydrogen-bond donors (Lipinski definition) is 2. The Balaban J connectivity index is 1.39. The summed E-state index contributed by atoms with van der Waals surface area (Å²) in [5, 5.41) is 7.55. The zero-order valence-corrected chi connectivity index (χ0v) is 14.6. The Hall–Kier alpha value is -2.38. The zero-order chi connectivity index (χ0) is 17.4. The molecule has 2 aliphatic heterocycles. The highest BCUT2D eigenvalue weighted by atomic mass is 16.2. The summed E-state index contributed by atoms with van der Waals surface area (Å²) in [4.78, 5) is 25.8. The van der Waals surface area contributed by atoms with E-state index in [1.807, 2.05) is 0 Å². The molecule has 2 saturated heterocycles. The Morgan fingerprint density at radius 2 is 1.88 bits per heavy atom. The molecule has 0 saturated carbocycles. The van der Waals surface area contributed by atoms with Gasteiger partial charge in [0.2, 0.25) is 11.9 Å². The molecule has 0 atom stereocenters. The molecule has 0 bridgehead atoms. The van der Waals surface area contributed by atoms with Crippen molar-refractivity contribution in [1.29, 1.82) is 0 Å². The van der Waals surface area contributed by atoms with Gasteiger partial charge in [-0.25, -0.2) is 0 Å². The normalized spacial score (nSPS) is 20.4. The van der Waals surface area contributed by atoms with Crippen LogP contribution in [0.2, 0.25) is 0 Å². The maximum absolute atomic E-state index is 12.7. The fraction of sp³-hybridized carbons (Fsp3) is 0.647. The number of H-pyrrole nitrogens is 1. The molecule has 8 heteroatoms. The van der Waals surface area contributed by atoms with Gasteiger partial charge in [-0.2, -0.15) is 15.1 Å². The van der Waals surface area contributed by atoms with Crippen molar-refractivity contribution in [2.24, 2.45) is 11.8 Å². The molecule has 4 heterocycles. The summed E-state index contributed by atoms with van der Waals surface area (Å²) in [6.45, 7) is 5.65. The molecule has 2 aromatic heterocycles. The predicted octanol–water partition coefficient (Wildman–Crippen LogP) is 1.41. The van der Waals surface area contributed by atoms with E-state index in [2.05, 4.69) is 36.9 Å². The molecule has 1 amide bonds. The minimum Gasteiger partial charge on any atom is -0.383 e. The number of hydrogen-bond acceptors (Lipinski definition) is 6. The molecule has 0 aliphatic carbocycles. The third-order valence-electron chi connectivity index (χ3n) is 5.55. The van der Waals surface area contributed by atoms with Crippen LogP contribution < -0.4 is 10.6 Å². The van der Waals surface area contributed by atoms with E-state index in [0.29, 0.717) is 23.3 Å². The molecule has 3 N–H and O–H groups in total. The fourth-order valence-corrected chi connectivity index (χ4v) is 3.80. The van der Waals surface area contributed by atoms with Crippen LogP contribution in [0, 0.1) is 11.8 Å². The monoisotopic (exact) mass is 343 g/mol. The van der Waals surface area contributed by atoms with Gasteiger partial charge < -0.3 is 15.5 Å². The first-order valence-electron chi connectivity index (χ1n) is 9.12. The third kappa shape index (κ3) is 3.12. The molecule has 2 aliphatic rings. The maximum Gasteiger partial charge on any atom is 0.229 e. The summed E-state index contributed by atoms with van der Waals surface area (Å²) in [7, 11) is 0. The average Bonchev–Trinajstić information content (AvgIpc) is 3.11. The van der Waals surface area contributed by atoms with Crippen molar-refractivity contribution < 1.29 is 4.79 Å². The summed E-state index contributed by atoms with van der Waals surface area (Å²) in [5.74, 6) is 2.25. The lowest BCUT2D eigenvalue weighted by molar-refractivity contribution is -0.137. The van der Waals surface area contributed by atoms with Gasteiger partial charge in [-0.15, -0.1) is 0 Å². The van der Waals surface area contributed by atoms with E-state index in [1.165, 1.54) is 0 Å². The molecule has 0 aromatic carbocycles. The van der Waals surface area contributed by atoms with Gasteiger partial charge in [0.1, 0.15) is 5.82 Å². The van der Waals surface area contributed by atoms with Crippen LogP contribution in [0.25, 0.3) is 11.0 Å². The van der Waals surface area contributed by atoms with E-state index < -0.39 is 0 Å². The molecule has 2 fully saturated rings. The first kappa shape index (κ1) is 16.1. The minimum absolute atomic E-state index is 0.123. The number of amides is 1. The largest absolute Gasteiger partial charge is 0.383 e. The van der Waals surface area contributed by atoms with Gasteiger partial charge >= 0.3 is 0 Å². The summed E-state index contributed by atoms with van der Waals surface area (Å²) in [6, 6.07) is 0. The van der Waals surface area contributed by atoms with E-state index in [4.69, 9.17) is 5.73 Å². The van der Waals surface area contributed by atoms with Crippen LogP contribution in [0.5, 0.6) is 0 Å². The van der Waals surface area contributed by atoms with E-state index >= 15 is 0 Å². The summed E-state index contributed by atoms with van der Waals surface area (Å²) in [6.07, 6.45) is 5.58. The number of carbonyl (C=O) groups is 1. The number of rotatable bonds is 2. The van der Waals surface area contributed by atoms with E-state index in [0.717, 1.165) is 63.2 Å². The van der Waals surface area contributed by atoms with E-state index in [1.54, 1.807) is 6.20 Å². The minimum atomic E-state index is 0.123. The molecule has 8 nitrogen and oxygen atoms in total. The number of aromatic amines is 1. The Labute approximate surface area is 146 Å². The quantitative estimate of drug-likeness (QED) is 0.854. The van der Waals surface area contributed by atoms with Crippen LogP contribution in [-0.2, 0) is 4.79 Å². The lowest BCUT2D eigenvalue weighted by Crippen LogP contribution is -2.45. The zero-order valence-electron chi connectivity index (χ0n) is 14.6. The van der Waals surface area contributed by atoms with Crippen LogP contribution in [0.15, 0.2) is 6.20 Å². The van der Waals surface area contributed by atoms with Crippen molar-refractivity contribution in [2.45, 2.75) is 32.6 Å². The molecule has 134 valence electrons. The van der Waals surface area contributed by atoms with Gasteiger partial charge in [-0.05, 0) is 31.6 Å². The van der Waals surface area contributed by atoms with Crippen molar-refractivity contribution in [1.82, 2.24) is 25.1 Å². The Bertz CT molecular complexity index is 757. The number of piperidine rings is 2. The highest BCUT2D eigenvalue weighted by molar-refractivity contribution is 5.85. The van der Waals surface area contributed by atoms with Crippen LogP contribution >= 0.6 is 0 Å². The first-order valence-corrected chi connectivity index (χ1v) is 9.12. The average molecular weight is 343 g/mol.